The summed E-state index contributed by atoms with van der Waals surface area (Å²) in [6.07, 6.45) is 2.07. The first-order chi connectivity index (χ1) is 13.6. The van der Waals surface area contributed by atoms with Gasteiger partial charge in [-0.2, -0.15) is 0 Å². The summed E-state index contributed by atoms with van der Waals surface area (Å²) in [6.45, 7) is 1.83. The fourth-order valence-electron chi connectivity index (χ4n) is 3.66. The predicted molar refractivity (Wildman–Crippen MR) is 108 cm³/mol. The maximum absolute atomic E-state index is 12.4. The molecule has 144 valence electrons. The molecule has 1 N–H and O–H groups in total. The SMILES string of the molecule is CN(Cc1nc2ccccc2[nH]1)C(=O)CCCCN1Cc2ccccc2C1=O. The summed E-state index contributed by atoms with van der Waals surface area (Å²) in [5.41, 5.74) is 3.79. The van der Waals surface area contributed by atoms with Crippen LogP contribution in [0.5, 0.6) is 0 Å². The molecule has 6 nitrogen and oxygen atoms in total. The minimum atomic E-state index is 0.0940. The molecule has 0 saturated carbocycles. The minimum Gasteiger partial charge on any atom is -0.340 e. The van der Waals surface area contributed by atoms with Crippen molar-refractivity contribution in [1.29, 1.82) is 0 Å². The summed E-state index contributed by atoms with van der Waals surface area (Å²) < 4.78 is 0. The Morgan fingerprint density at radius 1 is 1.14 bits per heavy atom. The number of benzene rings is 2. The highest BCUT2D eigenvalue weighted by Crippen LogP contribution is 2.22. The van der Waals surface area contributed by atoms with Gasteiger partial charge in [0.2, 0.25) is 5.91 Å². The topological polar surface area (TPSA) is 69.3 Å². The number of unbranched alkanes of at least 4 members (excludes halogenated alkanes) is 1. The molecular formula is C22H24N4O2. The second-order valence-corrected chi connectivity index (χ2v) is 7.29. The third-order valence-corrected chi connectivity index (χ3v) is 5.22. The Labute approximate surface area is 164 Å². The number of aromatic nitrogens is 2. The molecule has 2 amide bonds. The molecule has 0 aliphatic carbocycles. The van der Waals surface area contributed by atoms with Crippen LogP contribution in [0.25, 0.3) is 11.0 Å². The van der Waals surface area contributed by atoms with Crippen molar-refractivity contribution < 1.29 is 9.59 Å². The molecule has 0 saturated heterocycles. The van der Waals surface area contributed by atoms with Crippen LogP contribution in [0.3, 0.4) is 0 Å². The molecule has 0 radical (unpaired) electrons. The van der Waals surface area contributed by atoms with Gasteiger partial charge < -0.3 is 14.8 Å². The fourth-order valence-corrected chi connectivity index (χ4v) is 3.66. The molecule has 0 atom stereocenters. The van der Waals surface area contributed by atoms with E-state index in [9.17, 15) is 9.59 Å². The third-order valence-electron chi connectivity index (χ3n) is 5.22. The van der Waals surface area contributed by atoms with E-state index >= 15 is 0 Å². The van der Waals surface area contributed by atoms with Crippen LogP contribution in [-0.2, 0) is 17.9 Å². The van der Waals surface area contributed by atoms with E-state index in [-0.39, 0.29) is 11.8 Å². The largest absolute Gasteiger partial charge is 0.340 e. The summed E-state index contributed by atoms with van der Waals surface area (Å²) in [7, 11) is 1.80. The van der Waals surface area contributed by atoms with Crippen molar-refractivity contribution >= 4 is 22.8 Å². The minimum absolute atomic E-state index is 0.0940. The van der Waals surface area contributed by atoms with E-state index in [1.54, 1.807) is 11.9 Å². The number of fused-ring (bicyclic) bond motifs is 2. The molecule has 2 heterocycles. The molecule has 0 bridgehead atoms. The van der Waals surface area contributed by atoms with Crippen molar-refractivity contribution in [3.8, 4) is 0 Å². The lowest BCUT2D eigenvalue weighted by Crippen LogP contribution is -2.27. The van der Waals surface area contributed by atoms with E-state index < -0.39 is 0 Å². The number of aromatic amines is 1. The van der Waals surface area contributed by atoms with Crippen molar-refractivity contribution in [2.75, 3.05) is 13.6 Å². The maximum atomic E-state index is 12.4. The molecule has 0 spiro atoms. The molecule has 28 heavy (non-hydrogen) atoms. The lowest BCUT2D eigenvalue weighted by atomic mass is 10.1. The van der Waals surface area contributed by atoms with E-state index in [2.05, 4.69) is 9.97 Å². The summed E-state index contributed by atoms with van der Waals surface area (Å²) in [5.74, 6) is 0.984. The van der Waals surface area contributed by atoms with Gasteiger partial charge in [-0.1, -0.05) is 30.3 Å². The second-order valence-electron chi connectivity index (χ2n) is 7.29. The molecule has 2 aromatic carbocycles. The number of imidazole rings is 1. The monoisotopic (exact) mass is 376 g/mol. The van der Waals surface area contributed by atoms with E-state index in [4.69, 9.17) is 0 Å². The maximum Gasteiger partial charge on any atom is 0.254 e. The lowest BCUT2D eigenvalue weighted by molar-refractivity contribution is -0.130. The fraction of sp³-hybridized carbons (Fsp3) is 0.318. The average molecular weight is 376 g/mol. The smallest absolute Gasteiger partial charge is 0.254 e. The van der Waals surface area contributed by atoms with Crippen LogP contribution < -0.4 is 0 Å². The number of para-hydroxylation sites is 2. The third kappa shape index (κ3) is 3.76. The molecule has 6 heteroatoms. The molecule has 3 aromatic rings. The van der Waals surface area contributed by atoms with Crippen LogP contribution in [0.15, 0.2) is 48.5 Å². The first kappa shape index (κ1) is 18.2. The first-order valence-electron chi connectivity index (χ1n) is 9.66. The van der Waals surface area contributed by atoms with Gasteiger partial charge in [-0.3, -0.25) is 9.59 Å². The lowest BCUT2D eigenvalue weighted by Gasteiger charge is -2.17. The predicted octanol–water partition coefficient (Wildman–Crippen LogP) is 3.35. The van der Waals surface area contributed by atoms with Gasteiger partial charge in [-0.05, 0) is 36.6 Å². The van der Waals surface area contributed by atoms with Crippen LogP contribution in [0, 0.1) is 0 Å². The molecule has 1 aliphatic heterocycles. The number of hydrogen-bond acceptors (Lipinski definition) is 3. The van der Waals surface area contributed by atoms with Crippen LogP contribution in [0.1, 0.15) is 41.0 Å². The Hall–Kier alpha value is -3.15. The number of carbonyl (C=O) groups excluding carboxylic acids is 2. The van der Waals surface area contributed by atoms with Crippen LogP contribution in [0.2, 0.25) is 0 Å². The molecule has 1 aliphatic rings. The summed E-state index contributed by atoms with van der Waals surface area (Å²) in [4.78, 5) is 36.1. The highest BCUT2D eigenvalue weighted by Gasteiger charge is 2.26. The number of nitrogens with zero attached hydrogens (tertiary/aromatic N) is 3. The van der Waals surface area contributed by atoms with Crippen molar-refractivity contribution in [3.63, 3.8) is 0 Å². The summed E-state index contributed by atoms with van der Waals surface area (Å²) in [5, 5.41) is 0. The average Bonchev–Trinajstić information content (AvgIpc) is 3.25. The zero-order chi connectivity index (χ0) is 19.5. The molecule has 1 aromatic heterocycles. The zero-order valence-electron chi connectivity index (χ0n) is 16.0. The normalized spacial score (nSPS) is 13.2. The van der Waals surface area contributed by atoms with Gasteiger partial charge >= 0.3 is 0 Å². The van der Waals surface area contributed by atoms with E-state index in [0.29, 0.717) is 26.1 Å². The van der Waals surface area contributed by atoms with Gasteiger partial charge in [0.1, 0.15) is 5.82 Å². The number of carbonyl (C=O) groups is 2. The Morgan fingerprint density at radius 2 is 1.93 bits per heavy atom. The number of amides is 2. The molecule has 4 rings (SSSR count). The second kappa shape index (κ2) is 7.84. The van der Waals surface area contributed by atoms with Crippen LogP contribution in [-0.4, -0.2) is 45.2 Å². The van der Waals surface area contributed by atoms with E-state index in [0.717, 1.165) is 40.8 Å². The van der Waals surface area contributed by atoms with Gasteiger partial charge in [0.15, 0.2) is 0 Å². The molecule has 0 fully saturated rings. The Morgan fingerprint density at radius 3 is 2.75 bits per heavy atom. The van der Waals surface area contributed by atoms with Crippen LogP contribution in [0.4, 0.5) is 0 Å². The van der Waals surface area contributed by atoms with Crippen molar-refractivity contribution in [3.05, 3.63) is 65.5 Å². The number of nitrogens with one attached hydrogen (secondary N) is 1. The molecular weight excluding hydrogens is 352 g/mol. The van der Waals surface area contributed by atoms with Crippen molar-refractivity contribution in [1.82, 2.24) is 19.8 Å². The van der Waals surface area contributed by atoms with Gasteiger partial charge in [-0.25, -0.2) is 4.98 Å². The number of rotatable bonds is 7. The number of H-pyrrole nitrogens is 1. The Bertz CT molecular complexity index is 977. The van der Waals surface area contributed by atoms with Gasteiger partial charge in [0.25, 0.3) is 5.91 Å². The van der Waals surface area contributed by atoms with Gasteiger partial charge in [-0.15, -0.1) is 0 Å². The van der Waals surface area contributed by atoms with Crippen LogP contribution >= 0.6 is 0 Å². The van der Waals surface area contributed by atoms with Gasteiger partial charge in [0.05, 0.1) is 17.6 Å². The standard InChI is InChI=1S/C22H24N4O2/c1-25(15-20-23-18-10-4-5-11-19(18)24-20)21(27)12-6-7-13-26-14-16-8-2-3-9-17(16)22(26)28/h2-5,8-11H,6-7,12-15H2,1H3,(H,23,24). The summed E-state index contributed by atoms with van der Waals surface area (Å²) >= 11 is 0. The summed E-state index contributed by atoms with van der Waals surface area (Å²) in [6, 6.07) is 15.6. The van der Waals surface area contributed by atoms with E-state index in [1.807, 2.05) is 53.4 Å². The zero-order valence-corrected chi connectivity index (χ0v) is 16.0. The van der Waals surface area contributed by atoms with Crippen molar-refractivity contribution in [2.24, 2.45) is 0 Å². The molecule has 0 unspecified atom stereocenters. The first-order valence-corrected chi connectivity index (χ1v) is 9.66. The Balaban J connectivity index is 1.22. The van der Waals surface area contributed by atoms with Crippen molar-refractivity contribution in [2.45, 2.75) is 32.4 Å². The van der Waals surface area contributed by atoms with Gasteiger partial charge in [0, 0.05) is 32.1 Å². The quantitative estimate of drug-likeness (QED) is 0.643. The van der Waals surface area contributed by atoms with E-state index in [1.165, 1.54) is 0 Å². The Kier molecular flexibility index (Phi) is 5.10. The highest BCUT2D eigenvalue weighted by molar-refractivity contribution is 5.98. The number of hydrogen-bond donors (Lipinski definition) is 1. The highest BCUT2D eigenvalue weighted by atomic mass is 16.2.